The fourth-order valence-electron chi connectivity index (χ4n) is 0.614. The molecule has 64 valence electrons. The Morgan fingerprint density at radius 2 is 1.92 bits per heavy atom. The first kappa shape index (κ1) is 6.16. The molecule has 2 nitrogen and oxygen atoms in total. The van der Waals surface area contributed by atoms with Crippen LogP contribution in [0.4, 0.5) is 0 Å². The SMILES string of the molecule is [2H]c1c(Br)c([2H])c(C(=O)OC)c([2H])c1Br. The normalized spacial score (nSPS) is 13.1. The minimum absolute atomic E-state index is 0.0300. The number of hydrogen-bond acceptors (Lipinski definition) is 2. The molecule has 0 aliphatic carbocycles. The maximum absolute atomic E-state index is 11.3. The summed E-state index contributed by atoms with van der Waals surface area (Å²) in [5, 5.41) is 0. The third-order valence-corrected chi connectivity index (χ3v) is 1.87. The van der Waals surface area contributed by atoms with Crippen molar-refractivity contribution in [1.29, 1.82) is 0 Å². The van der Waals surface area contributed by atoms with Crippen LogP contribution in [-0.4, -0.2) is 13.1 Å². The summed E-state index contributed by atoms with van der Waals surface area (Å²) in [5.74, 6) is -0.758. The van der Waals surface area contributed by atoms with Gasteiger partial charge in [0.05, 0.1) is 16.8 Å². The Bertz CT molecular complexity index is 405. The molecule has 0 unspecified atom stereocenters. The summed E-state index contributed by atoms with van der Waals surface area (Å²) < 4.78 is 27.5. The van der Waals surface area contributed by atoms with Crippen LogP contribution in [0, 0.1) is 0 Å². The fourth-order valence-corrected chi connectivity index (χ4v) is 1.67. The molecule has 0 bridgehead atoms. The highest BCUT2D eigenvalue weighted by Crippen LogP contribution is 2.20. The second kappa shape index (κ2) is 4.05. The third kappa shape index (κ3) is 2.32. The van der Waals surface area contributed by atoms with Crippen LogP contribution in [-0.2, 0) is 4.74 Å². The van der Waals surface area contributed by atoms with Crippen LogP contribution in [0.25, 0.3) is 0 Å². The first-order chi connectivity index (χ1) is 6.91. The molecule has 0 saturated heterocycles. The van der Waals surface area contributed by atoms with Crippen molar-refractivity contribution in [3.8, 4) is 0 Å². The van der Waals surface area contributed by atoms with Gasteiger partial charge in [0.1, 0.15) is 0 Å². The average Bonchev–Trinajstić information content (AvgIpc) is 2.23. The monoisotopic (exact) mass is 295 g/mol. The Hall–Kier alpha value is -0.350. The quantitative estimate of drug-likeness (QED) is 0.745. The minimum Gasteiger partial charge on any atom is -0.465 e. The lowest BCUT2D eigenvalue weighted by atomic mass is 10.2. The molecule has 4 heteroatoms. The molecule has 0 amide bonds. The van der Waals surface area contributed by atoms with E-state index in [0.29, 0.717) is 0 Å². The number of hydrogen-bond donors (Lipinski definition) is 0. The summed E-state index contributed by atoms with van der Waals surface area (Å²) in [6, 6.07) is -0.447. The van der Waals surface area contributed by atoms with Crippen LogP contribution < -0.4 is 0 Å². The lowest BCUT2D eigenvalue weighted by Gasteiger charge is -2.00. The van der Waals surface area contributed by atoms with E-state index in [4.69, 9.17) is 4.11 Å². The Morgan fingerprint density at radius 1 is 1.42 bits per heavy atom. The van der Waals surface area contributed by atoms with Gasteiger partial charge in [-0.3, -0.25) is 0 Å². The molecular weight excluding hydrogens is 288 g/mol. The smallest absolute Gasteiger partial charge is 0.337 e. The summed E-state index contributed by atoms with van der Waals surface area (Å²) in [6.45, 7) is 0. The molecule has 0 aliphatic heterocycles. The van der Waals surface area contributed by atoms with Gasteiger partial charge in [-0.25, -0.2) is 4.79 Å². The van der Waals surface area contributed by atoms with E-state index in [1.165, 1.54) is 7.11 Å². The zero-order chi connectivity index (χ0) is 11.7. The standard InChI is InChI=1S/C8H6Br2O2/c1-12-8(11)5-2-6(9)4-7(10)3-5/h2-4H,1H3/i2D,3D,4D. The van der Waals surface area contributed by atoms with Crippen molar-refractivity contribution < 1.29 is 13.6 Å². The van der Waals surface area contributed by atoms with Crippen molar-refractivity contribution in [2.75, 3.05) is 7.11 Å². The van der Waals surface area contributed by atoms with Crippen molar-refractivity contribution in [2.24, 2.45) is 0 Å². The van der Waals surface area contributed by atoms with Crippen molar-refractivity contribution in [3.63, 3.8) is 0 Å². The van der Waals surface area contributed by atoms with Crippen molar-refractivity contribution in [3.05, 3.63) is 32.6 Å². The van der Waals surface area contributed by atoms with Crippen LogP contribution in [0.2, 0.25) is 0 Å². The van der Waals surface area contributed by atoms with Gasteiger partial charge in [0.25, 0.3) is 0 Å². The van der Waals surface area contributed by atoms with Gasteiger partial charge in [-0.1, -0.05) is 31.9 Å². The van der Waals surface area contributed by atoms with E-state index in [1.54, 1.807) is 0 Å². The molecule has 0 saturated carbocycles. The molecule has 1 aromatic rings. The third-order valence-electron chi connectivity index (χ3n) is 1.08. The number of ether oxygens (including phenoxy) is 1. The van der Waals surface area contributed by atoms with Crippen molar-refractivity contribution in [1.82, 2.24) is 0 Å². The molecule has 0 N–H and O–H groups in total. The molecular formula is C8H6Br2O2. The highest BCUT2D eigenvalue weighted by molar-refractivity contribution is 9.11. The number of benzene rings is 1. The molecule has 0 aliphatic rings. The minimum atomic E-state index is -0.758. The van der Waals surface area contributed by atoms with E-state index in [2.05, 4.69) is 36.6 Å². The first-order valence-corrected chi connectivity index (χ1v) is 4.53. The number of esters is 1. The molecule has 0 heterocycles. The van der Waals surface area contributed by atoms with Crippen LogP contribution >= 0.6 is 31.9 Å². The summed E-state index contributed by atoms with van der Waals surface area (Å²) >= 11 is 6.03. The largest absolute Gasteiger partial charge is 0.465 e. The van der Waals surface area contributed by atoms with Gasteiger partial charge in [0.2, 0.25) is 0 Å². The zero-order valence-corrected chi connectivity index (χ0v) is 9.24. The van der Waals surface area contributed by atoms with Crippen molar-refractivity contribution in [2.45, 2.75) is 0 Å². The second-order valence-corrected chi connectivity index (χ2v) is 3.46. The predicted octanol–water partition coefficient (Wildman–Crippen LogP) is 3.00. The van der Waals surface area contributed by atoms with Gasteiger partial charge in [0, 0.05) is 8.95 Å². The molecule has 0 radical (unpaired) electrons. The lowest BCUT2D eigenvalue weighted by molar-refractivity contribution is 0.0600. The van der Waals surface area contributed by atoms with E-state index >= 15 is 0 Å². The first-order valence-electron chi connectivity index (χ1n) is 4.44. The van der Waals surface area contributed by atoms with Gasteiger partial charge in [-0.15, -0.1) is 0 Å². The highest BCUT2D eigenvalue weighted by atomic mass is 79.9. The maximum Gasteiger partial charge on any atom is 0.337 e. The second-order valence-electron chi connectivity index (χ2n) is 1.87. The predicted molar refractivity (Wildman–Crippen MR) is 53.2 cm³/mol. The van der Waals surface area contributed by atoms with Gasteiger partial charge in [0.15, 0.2) is 0 Å². The zero-order valence-electron chi connectivity index (χ0n) is 9.07. The van der Waals surface area contributed by atoms with Crippen LogP contribution in [0.3, 0.4) is 0 Å². The summed E-state index contributed by atoms with van der Waals surface area (Å²) in [7, 11) is 1.18. The van der Waals surface area contributed by atoms with Crippen LogP contribution in [0.15, 0.2) is 27.1 Å². The van der Waals surface area contributed by atoms with Crippen molar-refractivity contribution >= 4 is 37.8 Å². The fraction of sp³-hybridized carbons (Fsp3) is 0.125. The lowest BCUT2D eigenvalue weighted by Crippen LogP contribution is -2.00. The molecule has 0 aromatic heterocycles. The topological polar surface area (TPSA) is 26.3 Å². The number of carbonyl (C=O) groups excluding carboxylic acids is 1. The summed E-state index contributed by atoms with van der Waals surface area (Å²) in [5.41, 5.74) is -0.160. The molecule has 0 spiro atoms. The van der Waals surface area contributed by atoms with Gasteiger partial charge < -0.3 is 4.74 Å². The Kier molecular flexibility index (Phi) is 2.08. The van der Waals surface area contributed by atoms with Gasteiger partial charge >= 0.3 is 5.97 Å². The van der Waals surface area contributed by atoms with E-state index in [1.807, 2.05) is 0 Å². The number of carbonyl (C=O) groups is 1. The molecule has 0 fully saturated rings. The molecule has 1 rings (SSSR count). The Morgan fingerprint density at radius 3 is 2.33 bits per heavy atom. The van der Waals surface area contributed by atoms with E-state index < -0.39 is 5.97 Å². The summed E-state index contributed by atoms with van der Waals surface area (Å²) in [6.07, 6.45) is 0. The number of rotatable bonds is 1. The average molecular weight is 297 g/mol. The van der Waals surface area contributed by atoms with E-state index in [-0.39, 0.29) is 32.6 Å². The van der Waals surface area contributed by atoms with E-state index in [0.717, 1.165) is 0 Å². The van der Waals surface area contributed by atoms with Gasteiger partial charge in [-0.2, -0.15) is 0 Å². The molecule has 0 atom stereocenters. The Labute approximate surface area is 91.4 Å². The van der Waals surface area contributed by atoms with Gasteiger partial charge in [-0.05, 0) is 18.1 Å². The van der Waals surface area contributed by atoms with Crippen LogP contribution in [0.1, 0.15) is 14.5 Å². The maximum atomic E-state index is 11.3. The summed E-state index contributed by atoms with van der Waals surface area (Å²) in [4.78, 5) is 11.3. The molecule has 12 heavy (non-hydrogen) atoms. The van der Waals surface area contributed by atoms with Crippen LogP contribution in [0.5, 0.6) is 0 Å². The number of methoxy groups -OCH3 is 1. The molecule has 1 aromatic carbocycles. The van der Waals surface area contributed by atoms with E-state index in [9.17, 15) is 4.79 Å². The number of halogens is 2. The highest BCUT2D eigenvalue weighted by Gasteiger charge is 2.06. The Balaban J connectivity index is 3.60.